The first-order valence-corrected chi connectivity index (χ1v) is 10.0. The summed E-state index contributed by atoms with van der Waals surface area (Å²) in [5, 5.41) is 7.91. The van der Waals surface area contributed by atoms with Gasteiger partial charge in [-0.2, -0.15) is 5.10 Å². The lowest BCUT2D eigenvalue weighted by Gasteiger charge is -2.35. The maximum atomic E-state index is 12.5. The fraction of sp³-hybridized carbons (Fsp3) is 0.500. The Kier molecular flexibility index (Phi) is 6.40. The van der Waals surface area contributed by atoms with Crippen LogP contribution < -0.4 is 5.32 Å². The average molecular weight is 404 g/mol. The third kappa shape index (κ3) is 5.16. The number of hydrogen-bond acceptors (Lipinski definition) is 7. The van der Waals surface area contributed by atoms with Crippen molar-refractivity contribution in [3.63, 3.8) is 0 Å². The lowest BCUT2D eigenvalue weighted by atomic mass is 10.1. The summed E-state index contributed by atoms with van der Waals surface area (Å²) in [4.78, 5) is 43.6. The molecule has 3 heterocycles. The Bertz CT molecular complexity index is 838. The van der Waals surface area contributed by atoms with Gasteiger partial charge in [-0.15, -0.1) is 0 Å². The largest absolute Gasteiger partial charge is 0.339 e. The van der Waals surface area contributed by atoms with Gasteiger partial charge in [0.2, 0.25) is 11.8 Å². The molecule has 2 aromatic rings. The minimum absolute atomic E-state index is 0.0249. The quantitative estimate of drug-likeness (QED) is 0.704. The van der Waals surface area contributed by atoms with Gasteiger partial charge in [0, 0.05) is 44.9 Å². The van der Waals surface area contributed by atoms with Gasteiger partial charge in [0.05, 0.1) is 11.1 Å². The number of piperazine rings is 1. The molecule has 1 N–H and O–H groups in total. The zero-order chi connectivity index (χ0) is 20.1. The highest BCUT2D eigenvalue weighted by atomic mass is 32.1. The monoisotopic (exact) mass is 404 g/mol. The number of hydrogen-bond donors (Lipinski definition) is 1. The highest BCUT2D eigenvalue weighted by Crippen LogP contribution is 2.20. The number of aromatic nitrogens is 3. The van der Waals surface area contributed by atoms with Crippen LogP contribution >= 0.6 is 11.3 Å². The maximum absolute atomic E-state index is 12.5. The molecule has 0 saturated carbocycles. The lowest BCUT2D eigenvalue weighted by Crippen LogP contribution is -2.51. The summed E-state index contributed by atoms with van der Waals surface area (Å²) in [6.07, 6.45) is 4.50. The molecule has 0 radical (unpaired) electrons. The Morgan fingerprint density at radius 1 is 1.21 bits per heavy atom. The molecule has 1 aliphatic heterocycles. The molecule has 3 rings (SSSR count). The fourth-order valence-electron chi connectivity index (χ4n) is 2.95. The summed E-state index contributed by atoms with van der Waals surface area (Å²) < 4.78 is 1.56. The summed E-state index contributed by atoms with van der Waals surface area (Å²) >= 11 is 1.23. The van der Waals surface area contributed by atoms with Gasteiger partial charge >= 0.3 is 0 Å². The second kappa shape index (κ2) is 8.96. The average Bonchev–Trinajstić information content (AvgIpc) is 3.31. The number of anilines is 2. The molecule has 0 aliphatic carbocycles. The molecule has 2 aromatic heterocycles. The normalized spacial score (nSPS) is 14.4. The van der Waals surface area contributed by atoms with Crippen LogP contribution in [0.25, 0.3) is 0 Å². The number of nitrogens with zero attached hydrogens (tertiary/aromatic N) is 5. The van der Waals surface area contributed by atoms with Crippen molar-refractivity contribution in [2.75, 3.05) is 31.5 Å². The SMILES string of the molecule is CC(C)CC(=O)N1CCN(C(=O)Cn2ccc(Nc3ncc(C=O)s3)n2)CC1. The van der Waals surface area contributed by atoms with E-state index in [0.717, 1.165) is 6.29 Å². The minimum Gasteiger partial charge on any atom is -0.339 e. The molecule has 9 nitrogen and oxygen atoms in total. The van der Waals surface area contributed by atoms with Crippen molar-refractivity contribution >= 4 is 40.4 Å². The van der Waals surface area contributed by atoms with E-state index in [4.69, 9.17) is 0 Å². The number of carbonyl (C=O) groups is 3. The third-order valence-electron chi connectivity index (χ3n) is 4.38. The van der Waals surface area contributed by atoms with Gasteiger partial charge in [-0.1, -0.05) is 25.2 Å². The Morgan fingerprint density at radius 2 is 1.89 bits per heavy atom. The van der Waals surface area contributed by atoms with E-state index < -0.39 is 0 Å². The molecular weight excluding hydrogens is 380 g/mol. The molecule has 150 valence electrons. The Hall–Kier alpha value is -2.75. The van der Waals surface area contributed by atoms with Crippen molar-refractivity contribution in [2.24, 2.45) is 5.92 Å². The molecule has 1 fully saturated rings. The van der Waals surface area contributed by atoms with Gasteiger partial charge in [-0.05, 0) is 5.92 Å². The standard InChI is InChI=1S/C18H24N6O3S/c1-13(2)9-16(26)22-5-7-23(8-6-22)17(27)11-24-4-3-15(21-24)20-18-19-10-14(12-25)28-18/h3-4,10,12-13H,5-9,11H2,1-2H3,(H,19,20,21). The Labute approximate surface area is 167 Å². The van der Waals surface area contributed by atoms with Gasteiger partial charge in [-0.3, -0.25) is 19.1 Å². The molecular formula is C18H24N6O3S. The molecule has 28 heavy (non-hydrogen) atoms. The van der Waals surface area contributed by atoms with Gasteiger partial charge in [0.15, 0.2) is 17.2 Å². The Morgan fingerprint density at radius 3 is 2.50 bits per heavy atom. The zero-order valence-electron chi connectivity index (χ0n) is 16.0. The van der Waals surface area contributed by atoms with Crippen LogP contribution in [0.3, 0.4) is 0 Å². The summed E-state index contributed by atoms with van der Waals surface area (Å²) in [6.45, 7) is 6.43. The number of nitrogens with one attached hydrogen (secondary N) is 1. The van der Waals surface area contributed by atoms with E-state index in [1.54, 1.807) is 21.8 Å². The molecule has 0 atom stereocenters. The predicted octanol–water partition coefficient (Wildman–Crippen LogP) is 1.61. The van der Waals surface area contributed by atoms with E-state index in [9.17, 15) is 14.4 Å². The van der Waals surface area contributed by atoms with E-state index in [1.807, 2.05) is 18.7 Å². The smallest absolute Gasteiger partial charge is 0.244 e. The van der Waals surface area contributed by atoms with Crippen LogP contribution in [0.15, 0.2) is 18.5 Å². The van der Waals surface area contributed by atoms with Crippen LogP contribution in [0, 0.1) is 5.92 Å². The topological polar surface area (TPSA) is 100 Å². The number of rotatable bonds is 7. The van der Waals surface area contributed by atoms with Crippen molar-refractivity contribution < 1.29 is 14.4 Å². The van der Waals surface area contributed by atoms with Crippen LogP contribution in [-0.2, 0) is 16.1 Å². The highest BCUT2D eigenvalue weighted by Gasteiger charge is 2.24. The lowest BCUT2D eigenvalue weighted by molar-refractivity contribution is -0.140. The number of thiazole rings is 1. The molecule has 0 aromatic carbocycles. The number of carbonyl (C=O) groups excluding carboxylic acids is 3. The van der Waals surface area contributed by atoms with E-state index in [-0.39, 0.29) is 18.4 Å². The van der Waals surface area contributed by atoms with E-state index in [2.05, 4.69) is 15.4 Å². The molecule has 0 unspecified atom stereocenters. The highest BCUT2D eigenvalue weighted by molar-refractivity contribution is 7.17. The second-order valence-corrected chi connectivity index (χ2v) is 8.13. The molecule has 2 amide bonds. The number of aldehydes is 1. The second-order valence-electron chi connectivity index (χ2n) is 7.07. The molecule has 1 saturated heterocycles. The van der Waals surface area contributed by atoms with E-state index in [1.165, 1.54) is 17.5 Å². The summed E-state index contributed by atoms with van der Waals surface area (Å²) in [5.74, 6) is 1.03. The van der Waals surface area contributed by atoms with Crippen LogP contribution in [0.1, 0.15) is 29.9 Å². The van der Waals surface area contributed by atoms with Gasteiger partial charge in [0.1, 0.15) is 6.54 Å². The first-order chi connectivity index (χ1) is 13.4. The van der Waals surface area contributed by atoms with Crippen LogP contribution in [0.4, 0.5) is 10.9 Å². The molecule has 0 bridgehead atoms. The number of amides is 2. The van der Waals surface area contributed by atoms with Crippen molar-refractivity contribution in [3.05, 3.63) is 23.3 Å². The van der Waals surface area contributed by atoms with Crippen molar-refractivity contribution in [1.82, 2.24) is 24.6 Å². The Balaban J connectivity index is 1.48. The van der Waals surface area contributed by atoms with Gasteiger partial charge in [-0.25, -0.2) is 4.98 Å². The van der Waals surface area contributed by atoms with Crippen LogP contribution in [-0.4, -0.2) is 68.8 Å². The molecule has 1 aliphatic rings. The van der Waals surface area contributed by atoms with Crippen molar-refractivity contribution in [3.8, 4) is 0 Å². The molecule has 0 spiro atoms. The predicted molar refractivity (Wildman–Crippen MR) is 106 cm³/mol. The maximum Gasteiger partial charge on any atom is 0.244 e. The van der Waals surface area contributed by atoms with Gasteiger partial charge < -0.3 is 15.1 Å². The zero-order valence-corrected chi connectivity index (χ0v) is 16.8. The summed E-state index contributed by atoms with van der Waals surface area (Å²) in [6, 6.07) is 1.75. The first-order valence-electron chi connectivity index (χ1n) is 9.21. The van der Waals surface area contributed by atoms with Crippen molar-refractivity contribution in [2.45, 2.75) is 26.8 Å². The van der Waals surface area contributed by atoms with Crippen LogP contribution in [0.2, 0.25) is 0 Å². The van der Waals surface area contributed by atoms with Gasteiger partial charge in [0.25, 0.3) is 0 Å². The van der Waals surface area contributed by atoms with E-state index >= 15 is 0 Å². The first kappa shape index (κ1) is 20.0. The summed E-state index contributed by atoms with van der Waals surface area (Å²) in [7, 11) is 0. The van der Waals surface area contributed by atoms with Crippen molar-refractivity contribution in [1.29, 1.82) is 0 Å². The summed E-state index contributed by atoms with van der Waals surface area (Å²) in [5.41, 5.74) is 0. The van der Waals surface area contributed by atoms with E-state index in [0.29, 0.717) is 54.3 Å². The minimum atomic E-state index is -0.0249. The molecule has 10 heteroatoms. The fourth-order valence-corrected chi connectivity index (χ4v) is 3.58. The third-order valence-corrected chi connectivity index (χ3v) is 5.22. The van der Waals surface area contributed by atoms with Crippen LogP contribution in [0.5, 0.6) is 0 Å².